The van der Waals surface area contributed by atoms with Crippen molar-refractivity contribution in [3.8, 4) is 0 Å². The molecule has 2 N–H and O–H groups in total. The number of rotatable bonds is 8. The summed E-state index contributed by atoms with van der Waals surface area (Å²) in [5.74, 6) is 1.09. The lowest BCUT2D eigenvalue weighted by molar-refractivity contribution is -0.196. The van der Waals surface area contributed by atoms with Crippen LogP contribution in [0.3, 0.4) is 0 Å². The summed E-state index contributed by atoms with van der Waals surface area (Å²) < 4.78 is 0. The van der Waals surface area contributed by atoms with Gasteiger partial charge in [0.1, 0.15) is 12.8 Å². The van der Waals surface area contributed by atoms with Crippen molar-refractivity contribution >= 4 is 17.7 Å². The summed E-state index contributed by atoms with van der Waals surface area (Å²) in [5, 5.41) is 7.77. The van der Waals surface area contributed by atoms with E-state index in [2.05, 4.69) is 22.1 Å². The number of likely N-dealkylation sites (tertiary alicyclic amines) is 1. The van der Waals surface area contributed by atoms with Gasteiger partial charge in [-0.25, -0.2) is 0 Å². The van der Waals surface area contributed by atoms with Crippen LogP contribution in [-0.4, -0.2) is 91.2 Å². The zero-order chi connectivity index (χ0) is 23.2. The van der Waals surface area contributed by atoms with Crippen LogP contribution >= 0.6 is 0 Å². The summed E-state index contributed by atoms with van der Waals surface area (Å²) in [5.41, 5.74) is 1.02. The van der Waals surface area contributed by atoms with Crippen molar-refractivity contribution in [1.82, 2.24) is 25.5 Å². The smallest absolute Gasteiger partial charge is 0.251 e. The van der Waals surface area contributed by atoms with Gasteiger partial charge in [0.15, 0.2) is 0 Å². The monoisotopic (exact) mass is 459 g/mol. The fraction of sp³-hybridized carbons (Fsp3) is 0.792. The minimum Gasteiger partial charge on any atom is -0.317 e. The SMILES string of the molecule is C=C(CC)C(=O)N(CON1C[C@@H]2C(CN3CC4(CCNCC4)C3)[C@@H]2C1)C1CCC(=O)NC1=O. The highest BCUT2D eigenvalue weighted by molar-refractivity contribution is 6.03. The van der Waals surface area contributed by atoms with Crippen LogP contribution in [0, 0.1) is 23.2 Å². The number of nitrogens with one attached hydrogen (secondary N) is 2. The summed E-state index contributed by atoms with van der Waals surface area (Å²) >= 11 is 0. The quantitative estimate of drug-likeness (QED) is 0.307. The van der Waals surface area contributed by atoms with Crippen molar-refractivity contribution in [3.63, 3.8) is 0 Å². The van der Waals surface area contributed by atoms with Crippen LogP contribution in [0.5, 0.6) is 0 Å². The second kappa shape index (κ2) is 9.09. The van der Waals surface area contributed by atoms with E-state index in [4.69, 9.17) is 4.84 Å². The number of piperidine rings is 3. The Bertz CT molecular complexity index is 806. The van der Waals surface area contributed by atoms with Crippen LogP contribution in [0.4, 0.5) is 0 Å². The highest BCUT2D eigenvalue weighted by Crippen LogP contribution is 2.53. The highest BCUT2D eigenvalue weighted by Gasteiger charge is 2.58. The Labute approximate surface area is 195 Å². The van der Waals surface area contributed by atoms with Crippen LogP contribution in [-0.2, 0) is 19.2 Å². The van der Waals surface area contributed by atoms with Crippen molar-refractivity contribution in [1.29, 1.82) is 0 Å². The number of amides is 3. The van der Waals surface area contributed by atoms with Crippen molar-refractivity contribution < 1.29 is 19.2 Å². The van der Waals surface area contributed by atoms with Crippen LogP contribution in [0.1, 0.15) is 39.0 Å². The molecule has 3 amide bonds. The minimum atomic E-state index is -0.697. The van der Waals surface area contributed by atoms with Gasteiger partial charge < -0.3 is 15.1 Å². The molecule has 4 heterocycles. The van der Waals surface area contributed by atoms with Crippen molar-refractivity contribution in [3.05, 3.63) is 12.2 Å². The predicted octanol–water partition coefficient (Wildman–Crippen LogP) is 0.339. The van der Waals surface area contributed by atoms with E-state index < -0.39 is 11.9 Å². The standard InChI is InChI=1S/C24H37N5O4/c1-3-16(2)23(32)29(20-4-5-21(30)26-22(20)31)15-33-28-11-18-17(19(18)12-28)10-27-13-24(14-27)6-8-25-9-7-24/h17-20,25H,2-15H2,1H3,(H,26,30,31)/t17?,18-,19+,20?. The maximum Gasteiger partial charge on any atom is 0.251 e. The first-order valence-electron chi connectivity index (χ1n) is 12.5. The molecular weight excluding hydrogens is 422 g/mol. The Balaban J connectivity index is 1.09. The number of hydrogen-bond acceptors (Lipinski definition) is 7. The Hall–Kier alpha value is -1.81. The number of nitrogens with zero attached hydrogens (tertiary/aromatic N) is 3. The second-order valence-electron chi connectivity index (χ2n) is 10.7. The Morgan fingerprint density at radius 1 is 1.21 bits per heavy atom. The minimum absolute atomic E-state index is 0.0108. The van der Waals surface area contributed by atoms with Crippen molar-refractivity contribution in [2.45, 2.75) is 45.1 Å². The van der Waals surface area contributed by atoms with Gasteiger partial charge in [0, 0.05) is 44.7 Å². The molecule has 1 aliphatic carbocycles. The molecule has 5 fully saturated rings. The van der Waals surface area contributed by atoms with Crippen molar-refractivity contribution in [2.75, 3.05) is 52.5 Å². The van der Waals surface area contributed by atoms with E-state index in [-0.39, 0.29) is 25.0 Å². The van der Waals surface area contributed by atoms with E-state index >= 15 is 0 Å². The third-order valence-corrected chi connectivity index (χ3v) is 8.54. The first-order valence-corrected chi connectivity index (χ1v) is 12.5. The highest BCUT2D eigenvalue weighted by atomic mass is 16.7. The third kappa shape index (κ3) is 4.60. The van der Waals surface area contributed by atoms with E-state index in [1.807, 2.05) is 12.0 Å². The predicted molar refractivity (Wildman–Crippen MR) is 121 cm³/mol. The molecule has 0 aromatic rings. The summed E-state index contributed by atoms with van der Waals surface area (Å²) in [4.78, 5) is 46.9. The molecule has 0 aromatic carbocycles. The number of carbonyl (C=O) groups is 3. The molecular formula is C24H37N5O4. The van der Waals surface area contributed by atoms with Crippen LogP contribution in [0.25, 0.3) is 0 Å². The summed E-state index contributed by atoms with van der Waals surface area (Å²) in [6.07, 6.45) is 3.68. The fourth-order valence-electron chi connectivity index (χ4n) is 6.36. The number of imide groups is 1. The van der Waals surface area contributed by atoms with E-state index in [0.717, 1.165) is 19.0 Å². The van der Waals surface area contributed by atoms with Gasteiger partial charge in [-0.05, 0) is 61.9 Å². The number of carbonyl (C=O) groups excluding carboxylic acids is 3. The zero-order valence-corrected chi connectivity index (χ0v) is 19.7. The largest absolute Gasteiger partial charge is 0.317 e. The van der Waals surface area contributed by atoms with Gasteiger partial charge >= 0.3 is 0 Å². The lowest BCUT2D eigenvalue weighted by Gasteiger charge is -2.53. The molecule has 5 rings (SSSR count). The van der Waals surface area contributed by atoms with Gasteiger partial charge in [0.25, 0.3) is 5.91 Å². The molecule has 182 valence electrons. The molecule has 0 radical (unpaired) electrons. The molecule has 5 aliphatic rings. The molecule has 4 saturated heterocycles. The average molecular weight is 460 g/mol. The van der Waals surface area contributed by atoms with E-state index in [1.54, 1.807) is 0 Å². The molecule has 0 bridgehead atoms. The molecule has 2 unspecified atom stereocenters. The maximum atomic E-state index is 12.9. The molecule has 4 aliphatic heterocycles. The Morgan fingerprint density at radius 3 is 2.55 bits per heavy atom. The van der Waals surface area contributed by atoms with Crippen LogP contribution in [0.15, 0.2) is 12.2 Å². The second-order valence-corrected chi connectivity index (χ2v) is 10.7. The zero-order valence-electron chi connectivity index (χ0n) is 19.7. The van der Waals surface area contributed by atoms with Gasteiger partial charge in [0.2, 0.25) is 11.8 Å². The molecule has 1 saturated carbocycles. The van der Waals surface area contributed by atoms with E-state index in [9.17, 15) is 14.4 Å². The number of hydrogen-bond donors (Lipinski definition) is 2. The molecule has 9 nitrogen and oxygen atoms in total. The molecule has 0 aromatic heterocycles. The van der Waals surface area contributed by atoms with Gasteiger partial charge in [-0.3, -0.25) is 24.5 Å². The molecule has 33 heavy (non-hydrogen) atoms. The Kier molecular flexibility index (Phi) is 6.32. The van der Waals surface area contributed by atoms with Gasteiger partial charge in [0.05, 0.1) is 0 Å². The Morgan fingerprint density at radius 2 is 1.91 bits per heavy atom. The van der Waals surface area contributed by atoms with Crippen molar-refractivity contribution in [2.24, 2.45) is 23.2 Å². The first-order chi connectivity index (χ1) is 15.9. The topological polar surface area (TPSA) is 94.2 Å². The van der Waals surface area contributed by atoms with Gasteiger partial charge in [-0.2, -0.15) is 5.06 Å². The normalized spacial score (nSPS) is 33.4. The lowest BCUT2D eigenvalue weighted by Crippen LogP contribution is -2.60. The summed E-state index contributed by atoms with van der Waals surface area (Å²) in [6.45, 7) is 13.5. The summed E-state index contributed by atoms with van der Waals surface area (Å²) in [6, 6.07) is -0.697. The molecule has 1 spiro atoms. The molecule has 9 heteroatoms. The number of hydroxylamine groups is 2. The van der Waals surface area contributed by atoms with Crippen LogP contribution < -0.4 is 10.6 Å². The van der Waals surface area contributed by atoms with Crippen LogP contribution in [0.2, 0.25) is 0 Å². The first kappa shape index (κ1) is 23.0. The fourth-order valence-corrected chi connectivity index (χ4v) is 6.36. The lowest BCUT2D eigenvalue weighted by atomic mass is 9.72. The summed E-state index contributed by atoms with van der Waals surface area (Å²) in [7, 11) is 0. The average Bonchev–Trinajstić information content (AvgIpc) is 3.22. The van der Waals surface area contributed by atoms with E-state index in [0.29, 0.717) is 35.7 Å². The van der Waals surface area contributed by atoms with Gasteiger partial charge in [-0.15, -0.1) is 0 Å². The number of fused-ring (bicyclic) bond motifs is 1. The maximum absolute atomic E-state index is 12.9. The third-order valence-electron chi connectivity index (χ3n) is 8.54. The van der Waals surface area contributed by atoms with Gasteiger partial charge in [-0.1, -0.05) is 13.5 Å². The van der Waals surface area contributed by atoms with E-state index in [1.165, 1.54) is 50.5 Å². The molecule has 4 atom stereocenters.